The Kier molecular flexibility index (Phi) is 5.71. The van der Waals surface area contributed by atoms with E-state index in [0.717, 1.165) is 5.69 Å². The van der Waals surface area contributed by atoms with Crippen molar-refractivity contribution in [3.05, 3.63) is 30.1 Å². The van der Waals surface area contributed by atoms with E-state index >= 15 is 0 Å². The normalized spacial score (nSPS) is 15.3. The molecule has 0 bridgehead atoms. The summed E-state index contributed by atoms with van der Waals surface area (Å²) in [6, 6.07) is 5.16. The van der Waals surface area contributed by atoms with E-state index in [-0.39, 0.29) is 11.8 Å². The quantitative estimate of drug-likeness (QED) is 0.766. The zero-order valence-electron chi connectivity index (χ0n) is 10.7. The number of nitrogens with one attached hydrogen (secondary N) is 1. The Morgan fingerprint density at radius 2 is 2.11 bits per heavy atom. The van der Waals surface area contributed by atoms with Gasteiger partial charge in [0, 0.05) is 24.4 Å². The third-order valence-corrected chi connectivity index (χ3v) is 3.93. The van der Waals surface area contributed by atoms with Crippen LogP contribution in [0.3, 0.4) is 0 Å². The molecule has 1 aromatic rings. The highest BCUT2D eigenvalue weighted by Gasteiger charge is 2.15. The van der Waals surface area contributed by atoms with Gasteiger partial charge in [-0.25, -0.2) is 13.1 Å². The van der Waals surface area contributed by atoms with Gasteiger partial charge in [0.25, 0.3) is 0 Å². The molecular weight excluding hydrogens is 252 g/mol. The molecule has 0 aromatic carbocycles. The molecule has 0 saturated carbocycles. The molecule has 0 aliphatic heterocycles. The molecule has 0 amide bonds. The average Bonchev–Trinajstić information content (AvgIpc) is 2.26. The van der Waals surface area contributed by atoms with E-state index in [1.165, 1.54) is 0 Å². The number of nitrogens with zero attached hydrogens (tertiary/aromatic N) is 1. The fourth-order valence-electron chi connectivity index (χ4n) is 1.71. The summed E-state index contributed by atoms with van der Waals surface area (Å²) in [5.41, 5.74) is 0.756. The maximum Gasteiger partial charge on any atom is 0.212 e. The topological polar surface area (TPSA) is 79.3 Å². The minimum atomic E-state index is -3.33. The number of hydrogen-bond donors (Lipinski definition) is 2. The average molecular weight is 272 g/mol. The first-order valence-electron chi connectivity index (χ1n) is 5.97. The van der Waals surface area contributed by atoms with Gasteiger partial charge in [0.1, 0.15) is 0 Å². The van der Waals surface area contributed by atoms with Crippen LogP contribution in [0.1, 0.15) is 26.0 Å². The molecule has 0 fully saturated rings. The molecule has 0 aliphatic carbocycles. The van der Waals surface area contributed by atoms with Gasteiger partial charge in [-0.1, -0.05) is 6.07 Å². The van der Waals surface area contributed by atoms with Gasteiger partial charge < -0.3 is 5.11 Å². The fourth-order valence-corrected chi connectivity index (χ4v) is 3.02. The summed E-state index contributed by atoms with van der Waals surface area (Å²) in [7, 11) is -3.33. The van der Waals surface area contributed by atoms with Crippen LogP contribution in [0.2, 0.25) is 0 Å². The van der Waals surface area contributed by atoms with Crippen molar-refractivity contribution in [1.29, 1.82) is 0 Å². The Balaban J connectivity index is 2.45. The van der Waals surface area contributed by atoms with Crippen molar-refractivity contribution in [1.82, 2.24) is 9.71 Å². The molecule has 18 heavy (non-hydrogen) atoms. The molecule has 0 spiro atoms. The maximum absolute atomic E-state index is 11.8. The van der Waals surface area contributed by atoms with Crippen molar-refractivity contribution in [2.75, 3.05) is 5.75 Å². The summed E-state index contributed by atoms with van der Waals surface area (Å²) in [4.78, 5) is 4.08. The third kappa shape index (κ3) is 6.09. The molecule has 0 aliphatic rings. The molecule has 0 radical (unpaired) electrons. The predicted octanol–water partition coefficient (Wildman–Crippen LogP) is 0.703. The van der Waals surface area contributed by atoms with Gasteiger partial charge in [0.15, 0.2) is 0 Å². The zero-order chi connectivity index (χ0) is 13.6. The first kappa shape index (κ1) is 15.1. The Morgan fingerprint density at radius 1 is 1.39 bits per heavy atom. The van der Waals surface area contributed by atoms with E-state index in [4.69, 9.17) is 0 Å². The lowest BCUT2D eigenvalue weighted by Gasteiger charge is -2.15. The van der Waals surface area contributed by atoms with E-state index in [0.29, 0.717) is 12.8 Å². The van der Waals surface area contributed by atoms with E-state index in [9.17, 15) is 13.5 Å². The lowest BCUT2D eigenvalue weighted by Crippen LogP contribution is -2.36. The lowest BCUT2D eigenvalue weighted by atomic mass is 10.2. The number of aryl methyl sites for hydroxylation is 1. The number of hydrogen-bond acceptors (Lipinski definition) is 4. The van der Waals surface area contributed by atoms with Crippen LogP contribution in [0.25, 0.3) is 0 Å². The minimum Gasteiger partial charge on any atom is -0.393 e. The predicted molar refractivity (Wildman–Crippen MR) is 70.6 cm³/mol. The van der Waals surface area contributed by atoms with Crippen molar-refractivity contribution in [3.8, 4) is 0 Å². The lowest BCUT2D eigenvalue weighted by molar-refractivity contribution is 0.175. The minimum absolute atomic E-state index is 0.00810. The Hall–Kier alpha value is -0.980. The molecule has 1 rings (SSSR count). The monoisotopic (exact) mass is 272 g/mol. The van der Waals surface area contributed by atoms with Crippen molar-refractivity contribution in [2.24, 2.45) is 0 Å². The number of aliphatic hydroxyl groups excluding tert-OH is 1. The summed E-state index contributed by atoms with van der Waals surface area (Å²) in [5, 5.41) is 9.18. The zero-order valence-corrected chi connectivity index (χ0v) is 11.5. The van der Waals surface area contributed by atoms with Gasteiger partial charge in [0.2, 0.25) is 10.0 Å². The highest BCUT2D eigenvalue weighted by atomic mass is 32.2. The summed E-state index contributed by atoms with van der Waals surface area (Å²) in [6.45, 7) is 3.38. The van der Waals surface area contributed by atoms with E-state index in [1.54, 1.807) is 32.2 Å². The molecular formula is C12H20N2O3S. The van der Waals surface area contributed by atoms with Crippen LogP contribution in [0.5, 0.6) is 0 Å². The molecule has 2 N–H and O–H groups in total. The van der Waals surface area contributed by atoms with Crippen molar-refractivity contribution in [3.63, 3.8) is 0 Å². The molecule has 5 nitrogen and oxygen atoms in total. The molecule has 1 aromatic heterocycles. The number of aliphatic hydroxyl groups is 1. The first-order valence-corrected chi connectivity index (χ1v) is 7.62. The second kappa shape index (κ2) is 6.82. The SMILES string of the molecule is CC(O)CC(C)NS(=O)(=O)CCc1ccccn1. The first-order chi connectivity index (χ1) is 8.39. The molecule has 102 valence electrons. The standard InChI is InChI=1S/C12H20N2O3S/c1-10(9-11(2)15)14-18(16,17)8-6-12-5-3-4-7-13-12/h3-5,7,10-11,14-15H,6,8-9H2,1-2H3. The van der Waals surface area contributed by atoms with E-state index < -0.39 is 16.1 Å². The van der Waals surface area contributed by atoms with Gasteiger partial charge >= 0.3 is 0 Å². The fraction of sp³-hybridized carbons (Fsp3) is 0.583. The van der Waals surface area contributed by atoms with Gasteiger partial charge in [0.05, 0.1) is 11.9 Å². The van der Waals surface area contributed by atoms with Crippen LogP contribution in [-0.4, -0.2) is 36.4 Å². The highest BCUT2D eigenvalue weighted by molar-refractivity contribution is 7.89. The van der Waals surface area contributed by atoms with Gasteiger partial charge in [-0.15, -0.1) is 0 Å². The smallest absolute Gasteiger partial charge is 0.212 e. The van der Waals surface area contributed by atoms with Crippen LogP contribution in [-0.2, 0) is 16.4 Å². The van der Waals surface area contributed by atoms with Crippen LogP contribution in [0, 0.1) is 0 Å². The van der Waals surface area contributed by atoms with E-state index in [2.05, 4.69) is 9.71 Å². The van der Waals surface area contributed by atoms with Crippen LogP contribution in [0.4, 0.5) is 0 Å². The summed E-state index contributed by atoms with van der Waals surface area (Å²) >= 11 is 0. The number of pyridine rings is 1. The Morgan fingerprint density at radius 3 is 2.67 bits per heavy atom. The third-order valence-electron chi connectivity index (χ3n) is 2.43. The van der Waals surface area contributed by atoms with Gasteiger partial charge in [-0.05, 0) is 32.4 Å². The second-order valence-electron chi connectivity index (χ2n) is 4.49. The number of rotatable bonds is 7. The van der Waals surface area contributed by atoms with Crippen molar-refractivity contribution >= 4 is 10.0 Å². The Bertz CT molecular complexity index is 446. The summed E-state index contributed by atoms with van der Waals surface area (Å²) in [5.74, 6) is 0.00810. The number of aromatic nitrogens is 1. The summed E-state index contributed by atoms with van der Waals surface area (Å²) in [6.07, 6.45) is 1.92. The van der Waals surface area contributed by atoms with Crippen LogP contribution < -0.4 is 4.72 Å². The summed E-state index contributed by atoms with van der Waals surface area (Å²) < 4.78 is 26.1. The molecule has 1 heterocycles. The number of sulfonamides is 1. The Labute approximate surface area is 108 Å². The molecule has 0 saturated heterocycles. The van der Waals surface area contributed by atoms with Gasteiger partial charge in [-0.2, -0.15) is 0 Å². The maximum atomic E-state index is 11.8. The van der Waals surface area contributed by atoms with Crippen LogP contribution in [0.15, 0.2) is 24.4 Å². The molecule has 2 unspecified atom stereocenters. The van der Waals surface area contributed by atoms with Crippen molar-refractivity contribution in [2.45, 2.75) is 38.8 Å². The second-order valence-corrected chi connectivity index (χ2v) is 6.37. The largest absolute Gasteiger partial charge is 0.393 e. The van der Waals surface area contributed by atoms with Gasteiger partial charge in [-0.3, -0.25) is 4.98 Å². The van der Waals surface area contributed by atoms with Crippen molar-refractivity contribution < 1.29 is 13.5 Å². The molecule has 2 atom stereocenters. The van der Waals surface area contributed by atoms with Crippen LogP contribution >= 0.6 is 0 Å². The highest BCUT2D eigenvalue weighted by Crippen LogP contribution is 2.02. The van der Waals surface area contributed by atoms with E-state index in [1.807, 2.05) is 6.07 Å². The molecule has 6 heteroatoms.